The topological polar surface area (TPSA) is 43.4 Å². The molecule has 116 valence electrons. The normalized spacial score (nSPS) is 30.4. The first-order valence-electron chi connectivity index (χ1n) is 7.45. The van der Waals surface area contributed by atoms with Gasteiger partial charge in [-0.3, -0.25) is 9.00 Å². The second kappa shape index (κ2) is 5.51. The molecule has 2 aliphatic rings. The third kappa shape index (κ3) is 1.93. The number of ether oxygens (including phenoxy) is 1. The number of hydrogen-bond acceptors (Lipinski definition) is 3. The Morgan fingerprint density at radius 2 is 1.91 bits per heavy atom. The number of fused-ring (bicyclic) bond motifs is 2. The van der Waals surface area contributed by atoms with E-state index in [4.69, 9.17) is 4.74 Å². The van der Waals surface area contributed by atoms with Crippen molar-refractivity contribution in [1.29, 1.82) is 0 Å². The summed E-state index contributed by atoms with van der Waals surface area (Å²) in [5.74, 6) is -0.250. The summed E-state index contributed by atoms with van der Waals surface area (Å²) in [6.45, 7) is 3.98. The van der Waals surface area contributed by atoms with E-state index >= 15 is 0 Å². The number of carbonyl (C=O) groups excluding carboxylic acids is 1. The predicted molar refractivity (Wildman–Crippen MR) is 86.7 cm³/mol. The van der Waals surface area contributed by atoms with Gasteiger partial charge in [0.1, 0.15) is 0 Å². The minimum atomic E-state index is -1.48. The Labute approximate surface area is 133 Å². The molecule has 4 heteroatoms. The van der Waals surface area contributed by atoms with Crippen molar-refractivity contribution in [3.05, 3.63) is 53.6 Å². The van der Waals surface area contributed by atoms with Crippen LogP contribution in [-0.2, 0) is 20.3 Å². The Balaban J connectivity index is 2.23. The largest absolute Gasteiger partial charge is 0.468 e. The Morgan fingerprint density at radius 1 is 1.23 bits per heavy atom. The van der Waals surface area contributed by atoms with E-state index < -0.39 is 15.5 Å². The van der Waals surface area contributed by atoms with Crippen molar-refractivity contribution < 1.29 is 13.7 Å². The molecule has 1 aromatic carbocycles. The van der Waals surface area contributed by atoms with Crippen LogP contribution >= 0.6 is 0 Å². The first-order valence-corrected chi connectivity index (χ1v) is 8.60. The van der Waals surface area contributed by atoms with Crippen LogP contribution in [0.5, 0.6) is 0 Å². The van der Waals surface area contributed by atoms with Crippen LogP contribution in [0.4, 0.5) is 0 Å². The number of methoxy groups -OCH3 is 1. The van der Waals surface area contributed by atoms with Gasteiger partial charge in [0.25, 0.3) is 0 Å². The van der Waals surface area contributed by atoms with Gasteiger partial charge in [-0.15, -0.1) is 0 Å². The highest BCUT2D eigenvalue weighted by molar-refractivity contribution is 7.87. The summed E-state index contributed by atoms with van der Waals surface area (Å²) in [6.07, 6.45) is 5.01. The number of benzene rings is 1. The first kappa shape index (κ1) is 15.2. The first-order chi connectivity index (χ1) is 10.5. The summed E-state index contributed by atoms with van der Waals surface area (Å²) in [6, 6.07) is 9.22. The van der Waals surface area contributed by atoms with Gasteiger partial charge in [-0.2, -0.15) is 0 Å². The molecule has 0 saturated heterocycles. The number of rotatable bonds is 3. The molecular formula is C18H20O3S. The van der Waals surface area contributed by atoms with Crippen LogP contribution in [0.2, 0.25) is 0 Å². The Kier molecular flexibility index (Phi) is 3.81. The van der Waals surface area contributed by atoms with Gasteiger partial charge in [0.05, 0.1) is 17.9 Å². The SMILES string of the molecule is COC(=O)[C@@]1(S(=O)c2ccccc2)C(=C(C)C)[C@H]2C=C[C@@H]1C2. The molecule has 1 aromatic rings. The molecule has 0 aromatic heterocycles. The van der Waals surface area contributed by atoms with Gasteiger partial charge in [-0.1, -0.05) is 35.9 Å². The zero-order valence-corrected chi connectivity index (χ0v) is 13.9. The summed E-state index contributed by atoms with van der Waals surface area (Å²) in [5, 5.41) is 0. The van der Waals surface area contributed by atoms with Crippen molar-refractivity contribution >= 4 is 16.8 Å². The van der Waals surface area contributed by atoms with Crippen molar-refractivity contribution in [2.45, 2.75) is 29.9 Å². The molecule has 1 fully saturated rings. The maximum Gasteiger partial charge on any atom is 0.329 e. The Morgan fingerprint density at radius 3 is 2.50 bits per heavy atom. The second-order valence-corrected chi connectivity index (χ2v) is 7.71. The van der Waals surface area contributed by atoms with E-state index in [2.05, 4.69) is 6.08 Å². The molecule has 0 aliphatic heterocycles. The van der Waals surface area contributed by atoms with E-state index in [0.717, 1.165) is 17.6 Å². The Bertz CT molecular complexity index is 686. The van der Waals surface area contributed by atoms with Gasteiger partial charge in [0.15, 0.2) is 4.75 Å². The zero-order valence-electron chi connectivity index (χ0n) is 13.0. The lowest BCUT2D eigenvalue weighted by atomic mass is 9.85. The van der Waals surface area contributed by atoms with E-state index in [-0.39, 0.29) is 17.8 Å². The monoisotopic (exact) mass is 316 g/mol. The van der Waals surface area contributed by atoms with Gasteiger partial charge in [0.2, 0.25) is 0 Å². The van der Waals surface area contributed by atoms with Crippen molar-refractivity contribution in [2.75, 3.05) is 7.11 Å². The van der Waals surface area contributed by atoms with Crippen molar-refractivity contribution in [2.24, 2.45) is 11.8 Å². The van der Waals surface area contributed by atoms with Gasteiger partial charge in [0, 0.05) is 16.7 Å². The fourth-order valence-corrected chi connectivity index (χ4v) is 5.90. The Hall–Kier alpha value is -1.68. The summed E-state index contributed by atoms with van der Waals surface area (Å²) >= 11 is 0. The maximum absolute atomic E-state index is 13.4. The minimum Gasteiger partial charge on any atom is -0.468 e. The van der Waals surface area contributed by atoms with Crippen LogP contribution in [0, 0.1) is 11.8 Å². The maximum atomic E-state index is 13.4. The number of carbonyl (C=O) groups is 1. The van der Waals surface area contributed by atoms with Gasteiger partial charge < -0.3 is 4.74 Å². The summed E-state index contributed by atoms with van der Waals surface area (Å²) < 4.78 is 17.5. The van der Waals surface area contributed by atoms with Crippen LogP contribution < -0.4 is 0 Å². The molecule has 3 rings (SSSR count). The van der Waals surface area contributed by atoms with Crippen LogP contribution in [0.25, 0.3) is 0 Å². The predicted octanol–water partition coefficient (Wildman–Crippen LogP) is 3.25. The molecule has 0 radical (unpaired) electrons. The smallest absolute Gasteiger partial charge is 0.329 e. The number of hydrogen-bond donors (Lipinski definition) is 0. The van der Waals surface area contributed by atoms with E-state index in [9.17, 15) is 9.00 Å². The van der Waals surface area contributed by atoms with Crippen LogP contribution in [0.15, 0.2) is 58.5 Å². The van der Waals surface area contributed by atoms with E-state index in [1.54, 1.807) is 0 Å². The fraction of sp³-hybridized carbons (Fsp3) is 0.389. The fourth-order valence-electron chi connectivity index (χ4n) is 3.89. The summed E-state index contributed by atoms with van der Waals surface area (Å²) in [5.41, 5.74) is 2.04. The highest BCUT2D eigenvalue weighted by Gasteiger charge is 2.62. The molecule has 0 spiro atoms. The molecule has 4 atom stereocenters. The van der Waals surface area contributed by atoms with Crippen molar-refractivity contribution in [1.82, 2.24) is 0 Å². The molecular weight excluding hydrogens is 296 g/mol. The third-order valence-corrected chi connectivity index (χ3v) is 6.63. The average molecular weight is 316 g/mol. The lowest BCUT2D eigenvalue weighted by molar-refractivity contribution is -0.143. The third-order valence-electron chi connectivity index (χ3n) is 4.65. The average Bonchev–Trinajstić information content (AvgIpc) is 3.13. The molecule has 3 nitrogen and oxygen atoms in total. The summed E-state index contributed by atoms with van der Waals surface area (Å²) in [4.78, 5) is 13.4. The van der Waals surface area contributed by atoms with Crippen molar-refractivity contribution in [3.8, 4) is 0 Å². The molecule has 0 N–H and O–H groups in total. The number of esters is 1. The molecule has 0 amide bonds. The van der Waals surface area contributed by atoms with Gasteiger partial charge in [-0.25, -0.2) is 0 Å². The molecule has 1 unspecified atom stereocenters. The molecule has 2 bridgehead atoms. The van der Waals surface area contributed by atoms with E-state index in [1.165, 1.54) is 7.11 Å². The highest BCUT2D eigenvalue weighted by Crippen LogP contribution is 2.56. The highest BCUT2D eigenvalue weighted by atomic mass is 32.2. The quantitative estimate of drug-likeness (QED) is 0.635. The lowest BCUT2D eigenvalue weighted by Gasteiger charge is -2.35. The molecule has 0 heterocycles. The van der Waals surface area contributed by atoms with E-state index in [0.29, 0.717) is 4.90 Å². The standard InChI is InChI=1S/C18H20O3S/c1-12(2)16-13-9-10-14(11-13)18(16,17(19)21-3)22(20)15-7-5-4-6-8-15/h4-10,13-14H,11H2,1-3H3/t13-,14+,18-,22?/m0/s1. The molecule has 2 aliphatic carbocycles. The number of allylic oxidation sites excluding steroid dienone is 3. The lowest BCUT2D eigenvalue weighted by Crippen LogP contribution is -2.49. The zero-order chi connectivity index (χ0) is 15.9. The van der Waals surface area contributed by atoms with Crippen LogP contribution in [0.3, 0.4) is 0 Å². The minimum absolute atomic E-state index is 0.0594. The van der Waals surface area contributed by atoms with Gasteiger partial charge in [-0.05, 0) is 38.0 Å². The van der Waals surface area contributed by atoms with E-state index in [1.807, 2.05) is 50.3 Å². The second-order valence-electron chi connectivity index (χ2n) is 6.06. The van der Waals surface area contributed by atoms with Gasteiger partial charge >= 0.3 is 5.97 Å². The summed E-state index contributed by atoms with van der Waals surface area (Å²) in [7, 11) is -0.102. The molecule has 1 saturated carbocycles. The van der Waals surface area contributed by atoms with Crippen LogP contribution in [0.1, 0.15) is 20.3 Å². The van der Waals surface area contributed by atoms with Crippen LogP contribution in [-0.4, -0.2) is 22.0 Å². The molecule has 22 heavy (non-hydrogen) atoms. The van der Waals surface area contributed by atoms with Crippen molar-refractivity contribution in [3.63, 3.8) is 0 Å².